The molecule has 4 nitrogen and oxygen atoms in total. The van der Waals surface area contributed by atoms with Gasteiger partial charge in [0.1, 0.15) is 5.75 Å². The molecule has 1 aromatic rings. The molecule has 1 aromatic carbocycles. The van der Waals surface area contributed by atoms with E-state index in [0.717, 1.165) is 11.3 Å². The lowest BCUT2D eigenvalue weighted by atomic mass is 9.74. The first-order chi connectivity index (χ1) is 9.09. The van der Waals surface area contributed by atoms with Crippen LogP contribution >= 0.6 is 0 Å². The highest BCUT2D eigenvalue weighted by molar-refractivity contribution is 5.83. The SMILES string of the molecule is COc1ccc(C(C)NC(=O)C(C)(C)C(C)(C)N)cc1. The van der Waals surface area contributed by atoms with Crippen LogP contribution in [0, 0.1) is 5.41 Å². The van der Waals surface area contributed by atoms with Gasteiger partial charge in [0.25, 0.3) is 0 Å². The molecule has 0 aromatic heterocycles. The van der Waals surface area contributed by atoms with Gasteiger partial charge in [-0.1, -0.05) is 12.1 Å². The van der Waals surface area contributed by atoms with Crippen molar-refractivity contribution in [1.29, 1.82) is 0 Å². The van der Waals surface area contributed by atoms with Crippen molar-refractivity contribution in [3.63, 3.8) is 0 Å². The Hall–Kier alpha value is -1.55. The molecule has 0 aliphatic rings. The van der Waals surface area contributed by atoms with Crippen LogP contribution in [0.1, 0.15) is 46.2 Å². The molecule has 0 heterocycles. The molecule has 4 heteroatoms. The van der Waals surface area contributed by atoms with Gasteiger partial charge in [0, 0.05) is 5.54 Å². The summed E-state index contributed by atoms with van der Waals surface area (Å²) in [7, 11) is 1.63. The number of carbonyl (C=O) groups is 1. The van der Waals surface area contributed by atoms with Gasteiger partial charge in [0.2, 0.25) is 5.91 Å². The van der Waals surface area contributed by atoms with E-state index in [1.807, 2.05) is 58.9 Å². The minimum absolute atomic E-state index is 0.0479. The number of nitrogens with two attached hydrogens (primary N) is 1. The van der Waals surface area contributed by atoms with Crippen LogP contribution in [0.15, 0.2) is 24.3 Å². The molecule has 0 fully saturated rings. The van der Waals surface area contributed by atoms with E-state index in [-0.39, 0.29) is 11.9 Å². The van der Waals surface area contributed by atoms with Gasteiger partial charge in [-0.3, -0.25) is 4.79 Å². The van der Waals surface area contributed by atoms with Gasteiger partial charge >= 0.3 is 0 Å². The molecule has 0 bridgehead atoms. The monoisotopic (exact) mass is 278 g/mol. The number of amides is 1. The average molecular weight is 278 g/mol. The van der Waals surface area contributed by atoms with Crippen LogP contribution in [0.5, 0.6) is 5.75 Å². The van der Waals surface area contributed by atoms with Crippen LogP contribution in [0.4, 0.5) is 0 Å². The molecule has 0 radical (unpaired) electrons. The first kappa shape index (κ1) is 16.5. The maximum absolute atomic E-state index is 12.4. The smallest absolute Gasteiger partial charge is 0.227 e. The predicted molar refractivity (Wildman–Crippen MR) is 81.6 cm³/mol. The van der Waals surface area contributed by atoms with Crippen molar-refractivity contribution in [3.8, 4) is 5.75 Å². The maximum Gasteiger partial charge on any atom is 0.227 e. The van der Waals surface area contributed by atoms with Crippen molar-refractivity contribution in [2.24, 2.45) is 11.1 Å². The molecular formula is C16H26N2O2. The largest absolute Gasteiger partial charge is 0.497 e. The molecule has 0 aliphatic carbocycles. The zero-order chi connectivity index (χ0) is 15.6. The van der Waals surface area contributed by atoms with Crippen molar-refractivity contribution in [2.45, 2.75) is 46.2 Å². The second kappa shape index (κ2) is 5.83. The lowest BCUT2D eigenvalue weighted by molar-refractivity contribution is -0.132. The fourth-order valence-electron chi connectivity index (χ4n) is 1.65. The van der Waals surface area contributed by atoms with Crippen LogP contribution in [-0.4, -0.2) is 18.6 Å². The van der Waals surface area contributed by atoms with Gasteiger partial charge in [-0.05, 0) is 52.3 Å². The molecule has 0 spiro atoms. The van der Waals surface area contributed by atoms with E-state index in [9.17, 15) is 4.79 Å². The fraction of sp³-hybridized carbons (Fsp3) is 0.562. The molecule has 1 amide bonds. The molecule has 1 unspecified atom stereocenters. The van der Waals surface area contributed by atoms with Crippen molar-refractivity contribution < 1.29 is 9.53 Å². The highest BCUT2D eigenvalue weighted by Crippen LogP contribution is 2.29. The van der Waals surface area contributed by atoms with E-state index in [0.29, 0.717) is 0 Å². The normalized spacial score (nSPS) is 13.8. The lowest BCUT2D eigenvalue weighted by Gasteiger charge is -2.37. The quantitative estimate of drug-likeness (QED) is 0.870. The van der Waals surface area contributed by atoms with E-state index in [1.54, 1.807) is 7.11 Å². The molecule has 20 heavy (non-hydrogen) atoms. The molecule has 1 atom stereocenters. The Labute approximate surface area is 121 Å². The number of benzene rings is 1. The Morgan fingerprint density at radius 1 is 1.20 bits per heavy atom. The second-order valence-electron chi connectivity index (χ2n) is 6.31. The summed E-state index contributed by atoms with van der Waals surface area (Å²) in [5, 5.41) is 3.02. The summed E-state index contributed by atoms with van der Waals surface area (Å²) in [6, 6.07) is 7.59. The zero-order valence-corrected chi connectivity index (χ0v) is 13.3. The van der Waals surface area contributed by atoms with Crippen LogP contribution in [0.25, 0.3) is 0 Å². The Balaban J connectivity index is 2.79. The van der Waals surface area contributed by atoms with E-state index in [2.05, 4.69) is 5.32 Å². The summed E-state index contributed by atoms with van der Waals surface area (Å²) < 4.78 is 5.13. The van der Waals surface area contributed by atoms with Gasteiger partial charge in [0.05, 0.1) is 18.6 Å². The van der Waals surface area contributed by atoms with Crippen LogP contribution < -0.4 is 15.8 Å². The van der Waals surface area contributed by atoms with Gasteiger partial charge in [-0.2, -0.15) is 0 Å². The Kier molecular flexibility index (Phi) is 4.81. The molecule has 0 saturated carbocycles. The van der Waals surface area contributed by atoms with Crippen molar-refractivity contribution in [3.05, 3.63) is 29.8 Å². The van der Waals surface area contributed by atoms with Gasteiger partial charge in [-0.25, -0.2) is 0 Å². The molecule has 112 valence electrons. The number of hydrogen-bond donors (Lipinski definition) is 2. The van der Waals surface area contributed by atoms with Crippen molar-refractivity contribution in [2.75, 3.05) is 7.11 Å². The van der Waals surface area contributed by atoms with E-state index < -0.39 is 11.0 Å². The maximum atomic E-state index is 12.4. The van der Waals surface area contributed by atoms with Crippen LogP contribution in [-0.2, 0) is 4.79 Å². The topological polar surface area (TPSA) is 64.3 Å². The second-order valence-corrected chi connectivity index (χ2v) is 6.31. The summed E-state index contributed by atoms with van der Waals surface area (Å²) in [4.78, 5) is 12.4. The summed E-state index contributed by atoms with van der Waals surface area (Å²) >= 11 is 0. The third-order valence-corrected chi connectivity index (χ3v) is 4.14. The molecule has 0 saturated heterocycles. The number of carbonyl (C=O) groups excluding carboxylic acids is 1. The minimum Gasteiger partial charge on any atom is -0.497 e. The van der Waals surface area contributed by atoms with E-state index in [1.165, 1.54) is 0 Å². The third-order valence-electron chi connectivity index (χ3n) is 4.14. The number of nitrogens with one attached hydrogen (secondary N) is 1. The van der Waals surface area contributed by atoms with Crippen molar-refractivity contribution >= 4 is 5.91 Å². The minimum atomic E-state index is -0.645. The zero-order valence-electron chi connectivity index (χ0n) is 13.3. The van der Waals surface area contributed by atoms with Crippen LogP contribution in [0.2, 0.25) is 0 Å². The molecule has 0 aliphatic heterocycles. The Morgan fingerprint density at radius 2 is 1.70 bits per heavy atom. The van der Waals surface area contributed by atoms with E-state index in [4.69, 9.17) is 10.5 Å². The molecule has 1 rings (SSSR count). The first-order valence-corrected chi connectivity index (χ1v) is 6.83. The Morgan fingerprint density at radius 3 is 2.10 bits per heavy atom. The van der Waals surface area contributed by atoms with Crippen molar-refractivity contribution in [1.82, 2.24) is 5.32 Å². The number of rotatable bonds is 5. The van der Waals surface area contributed by atoms with Crippen LogP contribution in [0.3, 0.4) is 0 Å². The van der Waals surface area contributed by atoms with Gasteiger partial charge < -0.3 is 15.8 Å². The van der Waals surface area contributed by atoms with Gasteiger partial charge in [-0.15, -0.1) is 0 Å². The average Bonchev–Trinajstić information content (AvgIpc) is 2.37. The number of methoxy groups -OCH3 is 1. The summed E-state index contributed by atoms with van der Waals surface area (Å²) in [5.41, 5.74) is 5.89. The number of hydrogen-bond acceptors (Lipinski definition) is 3. The summed E-state index contributed by atoms with van der Waals surface area (Å²) in [5.74, 6) is 0.754. The fourth-order valence-corrected chi connectivity index (χ4v) is 1.65. The standard InChI is InChI=1S/C16H26N2O2/c1-11(12-7-9-13(20-6)10-8-12)18-14(19)15(2,3)16(4,5)17/h7-11H,17H2,1-6H3,(H,18,19). The lowest BCUT2D eigenvalue weighted by Crippen LogP contribution is -2.55. The highest BCUT2D eigenvalue weighted by atomic mass is 16.5. The summed E-state index contributed by atoms with van der Waals surface area (Å²) in [6.45, 7) is 9.42. The third kappa shape index (κ3) is 3.51. The number of ether oxygens (including phenoxy) is 1. The molecule has 3 N–H and O–H groups in total. The Bertz CT molecular complexity index is 458. The predicted octanol–water partition coefficient (Wildman–Crippen LogP) is 2.64. The first-order valence-electron chi connectivity index (χ1n) is 6.83. The highest BCUT2D eigenvalue weighted by Gasteiger charge is 2.40. The van der Waals surface area contributed by atoms with E-state index >= 15 is 0 Å². The molecular weight excluding hydrogens is 252 g/mol. The summed E-state index contributed by atoms with van der Waals surface area (Å²) in [6.07, 6.45) is 0. The van der Waals surface area contributed by atoms with Gasteiger partial charge in [0.15, 0.2) is 0 Å².